The van der Waals surface area contributed by atoms with Crippen LogP contribution in [0.1, 0.15) is 24.1 Å². The van der Waals surface area contributed by atoms with Crippen LogP contribution in [0, 0.1) is 0 Å². The van der Waals surface area contributed by atoms with Crippen LogP contribution in [-0.4, -0.2) is 13.0 Å². The summed E-state index contributed by atoms with van der Waals surface area (Å²) < 4.78 is 5.24. The summed E-state index contributed by atoms with van der Waals surface area (Å²) >= 11 is 6.13. The van der Waals surface area contributed by atoms with Crippen LogP contribution >= 0.6 is 11.6 Å². The van der Waals surface area contributed by atoms with Gasteiger partial charge in [0.25, 0.3) is 0 Å². The molecule has 1 amide bonds. The maximum absolute atomic E-state index is 12.0. The van der Waals surface area contributed by atoms with E-state index in [2.05, 4.69) is 5.32 Å². The largest absolute Gasteiger partial charge is 0.496 e. The topological polar surface area (TPSA) is 38.3 Å². The van der Waals surface area contributed by atoms with Crippen molar-refractivity contribution in [2.24, 2.45) is 0 Å². The molecule has 4 heteroatoms. The molecular formula is C18H18ClNO2. The van der Waals surface area contributed by atoms with Crippen molar-refractivity contribution in [3.63, 3.8) is 0 Å². The van der Waals surface area contributed by atoms with E-state index in [0.717, 1.165) is 16.9 Å². The number of hydrogen-bond acceptors (Lipinski definition) is 2. The Morgan fingerprint density at radius 2 is 1.86 bits per heavy atom. The van der Waals surface area contributed by atoms with Crippen LogP contribution in [0.2, 0.25) is 5.02 Å². The average Bonchev–Trinajstić information content (AvgIpc) is 2.53. The summed E-state index contributed by atoms with van der Waals surface area (Å²) in [4.78, 5) is 12.0. The lowest BCUT2D eigenvalue weighted by molar-refractivity contribution is -0.117. The lowest BCUT2D eigenvalue weighted by Crippen LogP contribution is -2.24. The molecule has 1 unspecified atom stereocenters. The molecule has 1 atom stereocenters. The van der Waals surface area contributed by atoms with Crippen LogP contribution in [0.4, 0.5) is 0 Å². The molecule has 0 saturated heterocycles. The highest BCUT2D eigenvalue weighted by atomic mass is 35.5. The highest BCUT2D eigenvalue weighted by Crippen LogP contribution is 2.22. The number of hydrogen-bond donors (Lipinski definition) is 1. The zero-order valence-electron chi connectivity index (χ0n) is 12.5. The van der Waals surface area contributed by atoms with Crippen molar-refractivity contribution in [3.8, 4) is 5.75 Å². The van der Waals surface area contributed by atoms with E-state index in [0.29, 0.717) is 5.02 Å². The third-order valence-corrected chi connectivity index (χ3v) is 3.63. The summed E-state index contributed by atoms with van der Waals surface area (Å²) in [5.74, 6) is 0.545. The van der Waals surface area contributed by atoms with E-state index in [1.54, 1.807) is 13.2 Å². The van der Waals surface area contributed by atoms with Gasteiger partial charge < -0.3 is 10.1 Å². The Hall–Kier alpha value is -2.26. The molecule has 2 rings (SSSR count). The Bertz CT molecular complexity index is 682. The Morgan fingerprint density at radius 1 is 1.18 bits per heavy atom. The third-order valence-electron chi connectivity index (χ3n) is 3.28. The van der Waals surface area contributed by atoms with Crippen molar-refractivity contribution in [1.82, 2.24) is 5.32 Å². The van der Waals surface area contributed by atoms with E-state index < -0.39 is 0 Å². The Labute approximate surface area is 135 Å². The maximum Gasteiger partial charge on any atom is 0.244 e. The van der Waals surface area contributed by atoms with Gasteiger partial charge in [-0.2, -0.15) is 0 Å². The fraction of sp³-hybridized carbons (Fsp3) is 0.167. The monoisotopic (exact) mass is 315 g/mol. The zero-order chi connectivity index (χ0) is 15.9. The van der Waals surface area contributed by atoms with Crippen LogP contribution in [0.15, 0.2) is 54.6 Å². The average molecular weight is 316 g/mol. The quantitative estimate of drug-likeness (QED) is 0.838. The molecule has 0 aliphatic carbocycles. The van der Waals surface area contributed by atoms with Crippen LogP contribution in [0.5, 0.6) is 5.75 Å². The molecule has 2 aromatic carbocycles. The number of carbonyl (C=O) groups excluding carboxylic acids is 1. The number of para-hydroxylation sites is 1. The lowest BCUT2D eigenvalue weighted by Gasteiger charge is -2.14. The summed E-state index contributed by atoms with van der Waals surface area (Å²) in [6.07, 6.45) is 3.22. The summed E-state index contributed by atoms with van der Waals surface area (Å²) in [6, 6.07) is 14.8. The van der Waals surface area contributed by atoms with Crippen molar-refractivity contribution in [3.05, 3.63) is 70.8 Å². The Kier molecular flexibility index (Phi) is 5.61. The highest BCUT2D eigenvalue weighted by molar-refractivity contribution is 6.31. The van der Waals surface area contributed by atoms with E-state index in [9.17, 15) is 4.79 Å². The molecule has 1 N–H and O–H groups in total. The predicted molar refractivity (Wildman–Crippen MR) is 90.0 cm³/mol. The number of methoxy groups -OCH3 is 1. The van der Waals surface area contributed by atoms with Crippen LogP contribution in [0.25, 0.3) is 6.08 Å². The van der Waals surface area contributed by atoms with Gasteiger partial charge in [-0.15, -0.1) is 0 Å². The predicted octanol–water partition coefficient (Wildman–Crippen LogP) is 4.24. The summed E-state index contributed by atoms with van der Waals surface area (Å²) in [6.45, 7) is 1.90. The number of halogens is 1. The molecule has 0 fully saturated rings. The first kappa shape index (κ1) is 16.1. The normalized spacial score (nSPS) is 12.1. The van der Waals surface area contributed by atoms with Gasteiger partial charge in [-0.05, 0) is 30.7 Å². The summed E-state index contributed by atoms with van der Waals surface area (Å²) in [5.41, 5.74) is 1.74. The number of rotatable bonds is 5. The second-order valence-corrected chi connectivity index (χ2v) is 5.23. The van der Waals surface area contributed by atoms with Gasteiger partial charge in [0.05, 0.1) is 13.2 Å². The molecule has 2 aromatic rings. The fourth-order valence-corrected chi connectivity index (χ4v) is 2.43. The first-order chi connectivity index (χ1) is 10.6. The molecule has 114 valence electrons. The number of amides is 1. The maximum atomic E-state index is 12.0. The summed E-state index contributed by atoms with van der Waals surface area (Å²) in [5, 5.41) is 3.54. The molecule has 0 saturated carbocycles. The van der Waals surface area contributed by atoms with Crippen molar-refractivity contribution in [1.29, 1.82) is 0 Å². The zero-order valence-corrected chi connectivity index (χ0v) is 13.3. The fourth-order valence-electron chi connectivity index (χ4n) is 2.14. The minimum atomic E-state index is -0.182. The molecular weight excluding hydrogens is 298 g/mol. The van der Waals surface area contributed by atoms with E-state index >= 15 is 0 Å². The van der Waals surface area contributed by atoms with Gasteiger partial charge in [0.1, 0.15) is 5.75 Å². The van der Waals surface area contributed by atoms with Crippen molar-refractivity contribution >= 4 is 23.6 Å². The molecule has 0 bridgehead atoms. The molecule has 22 heavy (non-hydrogen) atoms. The summed E-state index contributed by atoms with van der Waals surface area (Å²) in [7, 11) is 1.60. The lowest BCUT2D eigenvalue weighted by atomic mass is 10.1. The van der Waals surface area contributed by atoms with Crippen LogP contribution in [-0.2, 0) is 4.79 Å². The van der Waals surface area contributed by atoms with Gasteiger partial charge in [0.15, 0.2) is 0 Å². The third kappa shape index (κ3) is 4.12. The van der Waals surface area contributed by atoms with E-state index in [4.69, 9.17) is 16.3 Å². The van der Waals surface area contributed by atoms with Gasteiger partial charge in [-0.3, -0.25) is 4.79 Å². The molecule has 0 aliphatic rings. The minimum Gasteiger partial charge on any atom is -0.496 e. The van der Waals surface area contributed by atoms with E-state index in [1.165, 1.54) is 6.08 Å². The first-order valence-electron chi connectivity index (χ1n) is 6.98. The molecule has 0 radical (unpaired) electrons. The number of nitrogens with one attached hydrogen (secondary N) is 1. The van der Waals surface area contributed by atoms with Crippen molar-refractivity contribution in [2.75, 3.05) is 7.11 Å². The van der Waals surface area contributed by atoms with Gasteiger partial charge in [-0.25, -0.2) is 0 Å². The minimum absolute atomic E-state index is 0.163. The van der Waals surface area contributed by atoms with Gasteiger partial charge in [-0.1, -0.05) is 48.0 Å². The van der Waals surface area contributed by atoms with Gasteiger partial charge in [0.2, 0.25) is 5.91 Å². The Balaban J connectivity index is 2.04. The number of benzene rings is 2. The standard InChI is InChI=1S/C18H18ClNO2/c1-13(15-8-4-5-9-16(15)19)20-18(21)12-11-14-7-3-6-10-17(14)22-2/h3-13H,1-2H3,(H,20,21)/b12-11+. The van der Waals surface area contributed by atoms with Gasteiger partial charge in [0, 0.05) is 16.7 Å². The second-order valence-electron chi connectivity index (χ2n) is 4.83. The van der Waals surface area contributed by atoms with Crippen molar-refractivity contribution in [2.45, 2.75) is 13.0 Å². The smallest absolute Gasteiger partial charge is 0.244 e. The highest BCUT2D eigenvalue weighted by Gasteiger charge is 2.10. The number of ether oxygens (including phenoxy) is 1. The van der Waals surface area contributed by atoms with Gasteiger partial charge >= 0.3 is 0 Å². The van der Waals surface area contributed by atoms with E-state index in [1.807, 2.05) is 55.5 Å². The molecule has 0 aliphatic heterocycles. The molecule has 0 aromatic heterocycles. The molecule has 0 spiro atoms. The SMILES string of the molecule is COc1ccccc1/C=C/C(=O)NC(C)c1ccccc1Cl. The van der Waals surface area contributed by atoms with E-state index in [-0.39, 0.29) is 11.9 Å². The molecule has 0 heterocycles. The van der Waals surface area contributed by atoms with Crippen molar-refractivity contribution < 1.29 is 9.53 Å². The number of carbonyl (C=O) groups is 1. The molecule has 3 nitrogen and oxygen atoms in total. The second kappa shape index (κ2) is 7.66. The van der Waals surface area contributed by atoms with Crippen LogP contribution in [0.3, 0.4) is 0 Å². The van der Waals surface area contributed by atoms with Crippen LogP contribution < -0.4 is 10.1 Å². The first-order valence-corrected chi connectivity index (χ1v) is 7.35. The Morgan fingerprint density at radius 3 is 2.59 bits per heavy atom.